The molecule has 1 N–H and O–H groups in total. The largest absolute Gasteiger partial charge is 0.497 e. The van der Waals surface area contributed by atoms with E-state index in [-0.39, 0.29) is 5.91 Å². The van der Waals surface area contributed by atoms with Crippen molar-refractivity contribution in [1.29, 1.82) is 0 Å². The molecule has 0 aliphatic carbocycles. The van der Waals surface area contributed by atoms with Gasteiger partial charge in [-0.25, -0.2) is 0 Å². The smallest absolute Gasteiger partial charge is 0.256 e. The van der Waals surface area contributed by atoms with Crippen LogP contribution in [0.5, 0.6) is 17.2 Å². The number of halogens is 1. The van der Waals surface area contributed by atoms with Gasteiger partial charge in [0.05, 0.1) is 18.4 Å². The number of nitrogens with one attached hydrogen (secondary N) is 1. The Kier molecular flexibility index (Phi) is 6.27. The minimum atomic E-state index is -0.221. The van der Waals surface area contributed by atoms with Crippen LogP contribution in [0.1, 0.15) is 10.4 Å². The lowest BCUT2D eigenvalue weighted by atomic mass is 10.2. The highest BCUT2D eigenvalue weighted by atomic mass is 35.5. The molecule has 0 aromatic heterocycles. The molecule has 0 fully saturated rings. The van der Waals surface area contributed by atoms with E-state index in [4.69, 9.17) is 21.1 Å². The molecule has 4 nitrogen and oxygen atoms in total. The van der Waals surface area contributed by atoms with Gasteiger partial charge in [0, 0.05) is 9.92 Å². The molecule has 3 aromatic carbocycles. The summed E-state index contributed by atoms with van der Waals surface area (Å²) in [5, 5.41) is 3.40. The first-order valence-electron chi connectivity index (χ1n) is 8.16. The van der Waals surface area contributed by atoms with Gasteiger partial charge in [-0.3, -0.25) is 4.79 Å². The second-order valence-electron chi connectivity index (χ2n) is 5.57. The first-order chi connectivity index (χ1) is 13.1. The quantitative estimate of drug-likeness (QED) is 0.507. The van der Waals surface area contributed by atoms with Gasteiger partial charge in [0.25, 0.3) is 5.91 Å². The maximum atomic E-state index is 12.8. The lowest BCUT2D eigenvalue weighted by Gasteiger charge is -2.14. The van der Waals surface area contributed by atoms with Crippen molar-refractivity contribution >= 4 is 35.0 Å². The topological polar surface area (TPSA) is 47.6 Å². The molecule has 0 aliphatic heterocycles. The number of methoxy groups -OCH3 is 1. The molecule has 0 saturated heterocycles. The van der Waals surface area contributed by atoms with E-state index in [9.17, 15) is 4.79 Å². The number of carbonyl (C=O) groups excluding carboxylic acids is 1. The Morgan fingerprint density at radius 1 is 1.00 bits per heavy atom. The SMILES string of the molecule is COc1ccc(Oc2ccc(Cl)cc2NC(=O)c2ccccc2SC)cc1. The molecule has 3 rings (SSSR count). The Bertz CT molecular complexity index is 944. The van der Waals surface area contributed by atoms with Crippen LogP contribution >= 0.6 is 23.4 Å². The van der Waals surface area contributed by atoms with Gasteiger partial charge in [0.2, 0.25) is 0 Å². The molecule has 1 amide bonds. The normalized spacial score (nSPS) is 10.3. The average Bonchev–Trinajstić information content (AvgIpc) is 2.70. The monoisotopic (exact) mass is 399 g/mol. The summed E-state index contributed by atoms with van der Waals surface area (Å²) in [6.07, 6.45) is 1.93. The highest BCUT2D eigenvalue weighted by Gasteiger charge is 2.14. The van der Waals surface area contributed by atoms with Gasteiger partial charge in [-0.1, -0.05) is 23.7 Å². The number of benzene rings is 3. The maximum absolute atomic E-state index is 12.8. The van der Waals surface area contributed by atoms with Crippen LogP contribution in [-0.4, -0.2) is 19.3 Å². The maximum Gasteiger partial charge on any atom is 0.256 e. The van der Waals surface area contributed by atoms with Gasteiger partial charge in [-0.2, -0.15) is 0 Å². The third kappa shape index (κ3) is 4.76. The average molecular weight is 400 g/mol. The predicted molar refractivity (Wildman–Crippen MR) is 111 cm³/mol. The van der Waals surface area contributed by atoms with Crippen molar-refractivity contribution in [2.45, 2.75) is 4.90 Å². The molecule has 0 atom stereocenters. The van der Waals surface area contributed by atoms with E-state index in [0.29, 0.717) is 27.8 Å². The molecule has 3 aromatic rings. The molecule has 0 spiro atoms. The third-order valence-electron chi connectivity index (χ3n) is 3.83. The van der Waals surface area contributed by atoms with Crippen LogP contribution in [0.2, 0.25) is 5.02 Å². The number of hydrogen-bond donors (Lipinski definition) is 1. The van der Waals surface area contributed by atoms with E-state index in [1.807, 2.05) is 24.5 Å². The zero-order valence-corrected chi connectivity index (χ0v) is 16.4. The Morgan fingerprint density at radius 2 is 1.70 bits per heavy atom. The fraction of sp³-hybridized carbons (Fsp3) is 0.0952. The number of rotatable bonds is 6. The summed E-state index contributed by atoms with van der Waals surface area (Å²) in [5.74, 6) is 1.64. The summed E-state index contributed by atoms with van der Waals surface area (Å²) < 4.78 is 11.1. The second-order valence-corrected chi connectivity index (χ2v) is 6.86. The lowest BCUT2D eigenvalue weighted by Crippen LogP contribution is -2.13. The van der Waals surface area contributed by atoms with Gasteiger partial charge in [-0.05, 0) is 60.9 Å². The third-order valence-corrected chi connectivity index (χ3v) is 4.86. The standard InChI is InChI=1S/C21H18ClNO3S/c1-25-15-8-10-16(11-9-15)26-19-12-7-14(22)13-18(19)23-21(24)17-5-3-4-6-20(17)27-2/h3-13H,1-2H3,(H,23,24). The fourth-order valence-corrected chi connectivity index (χ4v) is 3.25. The van der Waals surface area contributed by atoms with E-state index in [1.54, 1.807) is 55.6 Å². The van der Waals surface area contributed by atoms with Gasteiger partial charge in [0.15, 0.2) is 5.75 Å². The molecule has 0 heterocycles. The summed E-state index contributed by atoms with van der Waals surface area (Å²) in [4.78, 5) is 13.7. The van der Waals surface area contributed by atoms with E-state index < -0.39 is 0 Å². The molecule has 27 heavy (non-hydrogen) atoms. The fourth-order valence-electron chi connectivity index (χ4n) is 2.48. The first-order valence-corrected chi connectivity index (χ1v) is 9.77. The van der Waals surface area contributed by atoms with Crippen LogP contribution in [0.15, 0.2) is 71.6 Å². The Labute approximate surface area is 167 Å². The number of carbonyl (C=O) groups is 1. The number of thioether (sulfide) groups is 1. The first kappa shape index (κ1) is 19.1. The van der Waals surface area contributed by atoms with E-state index in [2.05, 4.69) is 5.32 Å². The second kappa shape index (κ2) is 8.84. The summed E-state index contributed by atoms with van der Waals surface area (Å²) in [7, 11) is 1.61. The van der Waals surface area contributed by atoms with Crippen molar-refractivity contribution in [1.82, 2.24) is 0 Å². The van der Waals surface area contributed by atoms with Gasteiger partial charge in [0.1, 0.15) is 11.5 Å². The van der Waals surface area contributed by atoms with Crippen LogP contribution in [0.4, 0.5) is 5.69 Å². The molecular weight excluding hydrogens is 382 g/mol. The Hall–Kier alpha value is -2.63. The Balaban J connectivity index is 1.86. The molecular formula is C21H18ClNO3S. The molecule has 0 unspecified atom stereocenters. The highest BCUT2D eigenvalue weighted by molar-refractivity contribution is 7.98. The van der Waals surface area contributed by atoms with Gasteiger partial charge >= 0.3 is 0 Å². The van der Waals surface area contributed by atoms with Crippen molar-refractivity contribution in [3.63, 3.8) is 0 Å². The van der Waals surface area contributed by atoms with E-state index in [1.165, 1.54) is 11.8 Å². The van der Waals surface area contributed by atoms with Crippen LogP contribution in [0.25, 0.3) is 0 Å². The summed E-state index contributed by atoms with van der Waals surface area (Å²) in [6.45, 7) is 0. The van der Waals surface area contributed by atoms with Crippen LogP contribution in [-0.2, 0) is 0 Å². The molecule has 0 saturated carbocycles. The van der Waals surface area contributed by atoms with Crippen LogP contribution in [0.3, 0.4) is 0 Å². The minimum absolute atomic E-state index is 0.221. The van der Waals surface area contributed by atoms with E-state index >= 15 is 0 Å². The van der Waals surface area contributed by atoms with Crippen molar-refractivity contribution in [2.75, 3.05) is 18.7 Å². The molecule has 6 heteroatoms. The summed E-state index contributed by atoms with van der Waals surface area (Å²) in [5.41, 5.74) is 1.10. The molecule has 0 aliphatic rings. The zero-order valence-electron chi connectivity index (χ0n) is 14.9. The van der Waals surface area contributed by atoms with Gasteiger partial charge in [-0.15, -0.1) is 11.8 Å². The van der Waals surface area contributed by atoms with Crippen molar-refractivity contribution in [2.24, 2.45) is 0 Å². The summed E-state index contributed by atoms with van der Waals surface area (Å²) >= 11 is 7.64. The number of amides is 1. The molecule has 0 radical (unpaired) electrons. The van der Waals surface area contributed by atoms with Crippen molar-refractivity contribution in [3.05, 3.63) is 77.3 Å². The van der Waals surface area contributed by atoms with Gasteiger partial charge < -0.3 is 14.8 Å². The number of ether oxygens (including phenoxy) is 2. The Morgan fingerprint density at radius 3 is 2.41 bits per heavy atom. The molecule has 0 bridgehead atoms. The zero-order chi connectivity index (χ0) is 19.2. The predicted octanol–water partition coefficient (Wildman–Crippen LogP) is 6.12. The highest BCUT2D eigenvalue weighted by Crippen LogP contribution is 2.33. The number of hydrogen-bond acceptors (Lipinski definition) is 4. The van der Waals surface area contributed by atoms with Crippen molar-refractivity contribution in [3.8, 4) is 17.2 Å². The minimum Gasteiger partial charge on any atom is -0.497 e. The summed E-state index contributed by atoms with van der Waals surface area (Å²) in [6, 6.07) is 19.7. The van der Waals surface area contributed by atoms with Crippen LogP contribution < -0.4 is 14.8 Å². The lowest BCUT2D eigenvalue weighted by molar-refractivity contribution is 0.102. The van der Waals surface area contributed by atoms with Crippen LogP contribution in [0, 0.1) is 0 Å². The number of anilines is 1. The van der Waals surface area contributed by atoms with E-state index in [0.717, 1.165) is 10.6 Å². The van der Waals surface area contributed by atoms with Crippen molar-refractivity contribution < 1.29 is 14.3 Å². The molecule has 138 valence electrons.